The summed E-state index contributed by atoms with van der Waals surface area (Å²) in [5, 5.41) is 0. The molecule has 1 aromatic carbocycles. The summed E-state index contributed by atoms with van der Waals surface area (Å²) in [6, 6.07) is 6.06. The quantitative estimate of drug-likeness (QED) is 0.843. The van der Waals surface area contributed by atoms with Crippen LogP contribution in [-0.2, 0) is 15.6 Å². The molecule has 1 aromatic heterocycles. The van der Waals surface area contributed by atoms with Crippen molar-refractivity contribution in [3.8, 4) is 0 Å². The van der Waals surface area contributed by atoms with Gasteiger partial charge in [0.15, 0.2) is 9.84 Å². The van der Waals surface area contributed by atoms with Crippen molar-refractivity contribution in [2.75, 3.05) is 0 Å². The first-order valence-electron chi connectivity index (χ1n) is 5.90. The fourth-order valence-electron chi connectivity index (χ4n) is 1.84. The first-order valence-corrected chi connectivity index (χ1v) is 8.34. The first-order chi connectivity index (χ1) is 9.31. The van der Waals surface area contributed by atoms with Crippen LogP contribution in [0, 0.1) is 19.7 Å². The molecule has 106 valence electrons. The lowest BCUT2D eigenvalue weighted by molar-refractivity contribution is 0.561. The highest BCUT2D eigenvalue weighted by atomic mass is 79.9. The molecule has 0 aliphatic rings. The zero-order valence-corrected chi connectivity index (χ0v) is 13.4. The summed E-state index contributed by atoms with van der Waals surface area (Å²) < 4.78 is 39.4. The third-order valence-electron chi connectivity index (χ3n) is 3.00. The number of rotatable bonds is 3. The van der Waals surface area contributed by atoms with E-state index in [4.69, 9.17) is 0 Å². The van der Waals surface area contributed by atoms with Crippen LogP contribution in [0.1, 0.15) is 16.8 Å². The maximum absolute atomic E-state index is 14.0. The van der Waals surface area contributed by atoms with Gasteiger partial charge in [0.05, 0.1) is 5.75 Å². The molecule has 0 spiro atoms. The molecule has 0 unspecified atom stereocenters. The molecular formula is C14H13BrFNO2S. The monoisotopic (exact) mass is 357 g/mol. The number of nitrogens with zero attached hydrogens (tertiary/aromatic N) is 1. The highest BCUT2D eigenvalue weighted by molar-refractivity contribution is 9.10. The maximum Gasteiger partial charge on any atom is 0.185 e. The molecule has 0 fully saturated rings. The van der Waals surface area contributed by atoms with Gasteiger partial charge >= 0.3 is 0 Å². The Morgan fingerprint density at radius 3 is 2.70 bits per heavy atom. The van der Waals surface area contributed by atoms with Crippen molar-refractivity contribution in [1.82, 2.24) is 4.98 Å². The molecular weight excluding hydrogens is 345 g/mol. The van der Waals surface area contributed by atoms with Gasteiger partial charge in [0.25, 0.3) is 0 Å². The zero-order chi connectivity index (χ0) is 14.9. The summed E-state index contributed by atoms with van der Waals surface area (Å²) in [4.78, 5) is 3.82. The van der Waals surface area contributed by atoms with Crippen molar-refractivity contribution in [3.05, 3.63) is 57.6 Å². The first kappa shape index (κ1) is 15.1. The molecule has 3 nitrogen and oxygen atoms in total. The summed E-state index contributed by atoms with van der Waals surface area (Å²) in [7, 11) is -3.74. The number of halogens is 2. The van der Waals surface area contributed by atoms with Crippen LogP contribution in [-0.4, -0.2) is 13.4 Å². The second kappa shape index (κ2) is 5.61. The van der Waals surface area contributed by atoms with E-state index >= 15 is 0 Å². The fourth-order valence-corrected chi connectivity index (χ4v) is 3.79. The minimum absolute atomic E-state index is 0.267. The zero-order valence-electron chi connectivity index (χ0n) is 11.0. The number of sulfone groups is 1. The summed E-state index contributed by atoms with van der Waals surface area (Å²) in [5.74, 6) is -0.959. The lowest BCUT2D eigenvalue weighted by atomic mass is 10.2. The van der Waals surface area contributed by atoms with E-state index in [2.05, 4.69) is 20.9 Å². The highest BCUT2D eigenvalue weighted by Gasteiger charge is 2.22. The Labute approximate surface area is 125 Å². The average Bonchev–Trinajstić information content (AvgIpc) is 2.36. The molecule has 2 rings (SSSR count). The average molecular weight is 358 g/mol. The van der Waals surface area contributed by atoms with Crippen LogP contribution in [0.4, 0.5) is 4.39 Å². The Morgan fingerprint density at radius 1 is 1.30 bits per heavy atom. The maximum atomic E-state index is 14.0. The van der Waals surface area contributed by atoms with Crippen molar-refractivity contribution in [2.45, 2.75) is 24.5 Å². The molecule has 1 heterocycles. The van der Waals surface area contributed by atoms with Crippen LogP contribution in [0.2, 0.25) is 0 Å². The van der Waals surface area contributed by atoms with Crippen LogP contribution in [0.3, 0.4) is 0 Å². The van der Waals surface area contributed by atoms with Gasteiger partial charge in [0, 0.05) is 16.4 Å². The number of hydrogen-bond donors (Lipinski definition) is 0. The lowest BCUT2D eigenvalue weighted by Crippen LogP contribution is -2.09. The molecule has 0 saturated heterocycles. The number of aryl methyl sites for hydroxylation is 2. The van der Waals surface area contributed by atoms with Crippen molar-refractivity contribution in [1.29, 1.82) is 0 Å². The van der Waals surface area contributed by atoms with Gasteiger partial charge in [-0.15, -0.1) is 0 Å². The molecule has 0 radical (unpaired) electrons. The Hall–Kier alpha value is -1.27. The second-order valence-electron chi connectivity index (χ2n) is 4.54. The summed E-state index contributed by atoms with van der Waals surface area (Å²) in [6.45, 7) is 3.27. The van der Waals surface area contributed by atoms with Gasteiger partial charge in [-0.3, -0.25) is 4.98 Å². The van der Waals surface area contributed by atoms with Gasteiger partial charge in [-0.25, -0.2) is 12.8 Å². The van der Waals surface area contributed by atoms with E-state index in [1.165, 1.54) is 12.1 Å². The molecule has 0 aliphatic carbocycles. The highest BCUT2D eigenvalue weighted by Crippen LogP contribution is 2.23. The molecule has 6 heteroatoms. The van der Waals surface area contributed by atoms with E-state index in [0.717, 1.165) is 0 Å². The van der Waals surface area contributed by atoms with Crippen molar-refractivity contribution in [2.24, 2.45) is 0 Å². The Bertz CT molecular complexity index is 760. The van der Waals surface area contributed by atoms with Crippen LogP contribution in [0.5, 0.6) is 0 Å². The predicted octanol–water partition coefficient (Wildman–Crippen LogP) is 3.57. The Balaban J connectivity index is 2.46. The van der Waals surface area contributed by atoms with Crippen LogP contribution >= 0.6 is 15.9 Å². The smallest absolute Gasteiger partial charge is 0.185 e. The van der Waals surface area contributed by atoms with Crippen molar-refractivity contribution < 1.29 is 12.8 Å². The van der Waals surface area contributed by atoms with Crippen molar-refractivity contribution >= 4 is 25.8 Å². The standard InChI is InChI=1S/C14H13BrFNO2S/c1-9-4-3-5-13(14(9)16)20(18,19)8-11-6-12(15)7-17-10(11)2/h3-7H,8H2,1-2H3. The fraction of sp³-hybridized carbons (Fsp3) is 0.214. The second-order valence-corrected chi connectivity index (χ2v) is 7.42. The van der Waals surface area contributed by atoms with Gasteiger partial charge in [0.1, 0.15) is 10.7 Å². The summed E-state index contributed by atoms with van der Waals surface area (Å²) >= 11 is 3.25. The van der Waals surface area contributed by atoms with E-state index in [1.54, 1.807) is 32.2 Å². The number of pyridine rings is 1. The van der Waals surface area contributed by atoms with Gasteiger partial charge in [-0.1, -0.05) is 12.1 Å². The van der Waals surface area contributed by atoms with Gasteiger partial charge in [-0.05, 0) is 53.0 Å². The minimum atomic E-state index is -3.74. The number of aromatic nitrogens is 1. The summed E-state index contributed by atoms with van der Waals surface area (Å²) in [6.07, 6.45) is 1.60. The minimum Gasteiger partial charge on any atom is -0.260 e. The predicted molar refractivity (Wildman–Crippen MR) is 78.7 cm³/mol. The van der Waals surface area contributed by atoms with Crippen LogP contribution in [0.25, 0.3) is 0 Å². The third kappa shape index (κ3) is 3.07. The topological polar surface area (TPSA) is 47.0 Å². The molecule has 0 N–H and O–H groups in total. The van der Waals surface area contributed by atoms with E-state index in [9.17, 15) is 12.8 Å². The SMILES string of the molecule is Cc1cccc(S(=O)(=O)Cc2cc(Br)cnc2C)c1F. The third-order valence-corrected chi connectivity index (χ3v) is 5.11. The van der Waals surface area contributed by atoms with Gasteiger partial charge in [0.2, 0.25) is 0 Å². The van der Waals surface area contributed by atoms with Crippen molar-refractivity contribution in [3.63, 3.8) is 0 Å². The molecule has 0 amide bonds. The van der Waals surface area contributed by atoms with E-state index in [1.807, 2.05) is 0 Å². The molecule has 0 aliphatic heterocycles. The molecule has 0 saturated carbocycles. The normalized spacial score (nSPS) is 11.6. The Morgan fingerprint density at radius 2 is 2.00 bits per heavy atom. The summed E-state index contributed by atoms with van der Waals surface area (Å²) in [5.41, 5.74) is 1.49. The van der Waals surface area contributed by atoms with Gasteiger partial charge in [-0.2, -0.15) is 0 Å². The molecule has 0 bridgehead atoms. The van der Waals surface area contributed by atoms with E-state index < -0.39 is 15.7 Å². The lowest BCUT2D eigenvalue weighted by Gasteiger charge is -2.09. The molecule has 20 heavy (non-hydrogen) atoms. The van der Waals surface area contributed by atoms with Crippen LogP contribution in [0.15, 0.2) is 39.8 Å². The van der Waals surface area contributed by atoms with E-state index in [-0.39, 0.29) is 10.6 Å². The number of hydrogen-bond acceptors (Lipinski definition) is 3. The van der Waals surface area contributed by atoms with Gasteiger partial charge < -0.3 is 0 Å². The largest absolute Gasteiger partial charge is 0.260 e. The Kier molecular flexibility index (Phi) is 4.25. The molecule has 0 atom stereocenters. The van der Waals surface area contributed by atoms with Crippen LogP contribution < -0.4 is 0 Å². The van der Waals surface area contributed by atoms with E-state index in [0.29, 0.717) is 21.3 Å². The number of benzene rings is 1. The molecule has 2 aromatic rings.